The summed E-state index contributed by atoms with van der Waals surface area (Å²) in [6.07, 6.45) is 2.72. The van der Waals surface area contributed by atoms with Crippen molar-refractivity contribution in [1.82, 2.24) is 4.98 Å². The molecule has 1 heterocycles. The van der Waals surface area contributed by atoms with Crippen molar-refractivity contribution in [3.05, 3.63) is 65.2 Å². The zero-order chi connectivity index (χ0) is 20.8. The molecule has 0 aliphatic rings. The van der Waals surface area contributed by atoms with E-state index in [9.17, 15) is 4.79 Å². The number of ether oxygens (including phenoxy) is 2. The third kappa shape index (κ3) is 5.81. The standard InChI is InChI=1S/C23H26N2O3S/c1-5-16(4)17-6-8-19(9-7-17)28-21-13-18(12-20(14-21)27-15(2)3)22(26)25-23-24-10-11-29-23/h6-16H,5H2,1-4H3,(H,24,25,26). The largest absolute Gasteiger partial charge is 0.491 e. The molecule has 0 fully saturated rings. The van der Waals surface area contributed by atoms with E-state index in [0.29, 0.717) is 33.9 Å². The first kappa shape index (κ1) is 20.9. The van der Waals surface area contributed by atoms with E-state index in [0.717, 1.165) is 6.42 Å². The second kappa shape index (κ2) is 9.56. The number of carbonyl (C=O) groups excluding carboxylic acids is 1. The van der Waals surface area contributed by atoms with Gasteiger partial charge in [-0.2, -0.15) is 0 Å². The van der Waals surface area contributed by atoms with Crippen molar-refractivity contribution in [2.75, 3.05) is 5.32 Å². The minimum absolute atomic E-state index is 0.0186. The molecule has 1 unspecified atom stereocenters. The minimum Gasteiger partial charge on any atom is -0.491 e. The summed E-state index contributed by atoms with van der Waals surface area (Å²) in [7, 11) is 0. The maximum Gasteiger partial charge on any atom is 0.257 e. The van der Waals surface area contributed by atoms with Gasteiger partial charge in [0.1, 0.15) is 17.2 Å². The van der Waals surface area contributed by atoms with Gasteiger partial charge in [0.15, 0.2) is 5.13 Å². The number of thiazole rings is 1. The molecule has 152 valence electrons. The zero-order valence-corrected chi connectivity index (χ0v) is 18.0. The van der Waals surface area contributed by atoms with Gasteiger partial charge in [0.2, 0.25) is 0 Å². The third-order valence-corrected chi connectivity index (χ3v) is 5.15. The van der Waals surface area contributed by atoms with Crippen molar-refractivity contribution in [1.29, 1.82) is 0 Å². The molecular weight excluding hydrogens is 384 g/mol. The fraction of sp³-hybridized carbons (Fsp3) is 0.304. The third-order valence-electron chi connectivity index (χ3n) is 4.46. The molecule has 0 aliphatic carbocycles. The number of anilines is 1. The van der Waals surface area contributed by atoms with Crippen LogP contribution in [-0.2, 0) is 0 Å². The monoisotopic (exact) mass is 410 g/mol. The van der Waals surface area contributed by atoms with Crippen LogP contribution in [0.15, 0.2) is 54.0 Å². The molecule has 0 aliphatic heterocycles. The zero-order valence-electron chi connectivity index (χ0n) is 17.1. The van der Waals surface area contributed by atoms with Crippen LogP contribution in [0, 0.1) is 0 Å². The summed E-state index contributed by atoms with van der Waals surface area (Å²) in [4.78, 5) is 16.7. The number of rotatable bonds is 8. The van der Waals surface area contributed by atoms with Gasteiger partial charge in [-0.3, -0.25) is 10.1 Å². The second-order valence-electron chi connectivity index (χ2n) is 7.13. The van der Waals surface area contributed by atoms with Crippen LogP contribution in [0.4, 0.5) is 5.13 Å². The van der Waals surface area contributed by atoms with E-state index in [4.69, 9.17) is 9.47 Å². The number of benzene rings is 2. The SMILES string of the molecule is CCC(C)c1ccc(Oc2cc(OC(C)C)cc(C(=O)Nc3nccs3)c2)cc1. The highest BCUT2D eigenvalue weighted by Gasteiger charge is 2.13. The summed E-state index contributed by atoms with van der Waals surface area (Å²) < 4.78 is 11.8. The molecule has 1 aromatic heterocycles. The second-order valence-corrected chi connectivity index (χ2v) is 8.03. The Morgan fingerprint density at radius 3 is 2.41 bits per heavy atom. The van der Waals surface area contributed by atoms with Crippen molar-refractivity contribution in [3.8, 4) is 17.2 Å². The van der Waals surface area contributed by atoms with Crippen LogP contribution in [0.3, 0.4) is 0 Å². The molecule has 0 radical (unpaired) electrons. The Bertz CT molecular complexity index is 937. The van der Waals surface area contributed by atoms with Crippen molar-refractivity contribution in [3.63, 3.8) is 0 Å². The van der Waals surface area contributed by atoms with E-state index >= 15 is 0 Å². The van der Waals surface area contributed by atoms with Crippen LogP contribution in [0.2, 0.25) is 0 Å². The van der Waals surface area contributed by atoms with Crippen LogP contribution in [0.1, 0.15) is 56.0 Å². The number of hydrogen-bond acceptors (Lipinski definition) is 5. The first-order chi connectivity index (χ1) is 13.9. The van der Waals surface area contributed by atoms with Gasteiger partial charge in [-0.25, -0.2) is 4.98 Å². The van der Waals surface area contributed by atoms with Crippen molar-refractivity contribution in [2.45, 2.75) is 46.1 Å². The lowest BCUT2D eigenvalue weighted by Crippen LogP contribution is -2.13. The molecule has 29 heavy (non-hydrogen) atoms. The quantitative estimate of drug-likeness (QED) is 0.461. The van der Waals surface area contributed by atoms with Crippen LogP contribution < -0.4 is 14.8 Å². The van der Waals surface area contributed by atoms with Crippen molar-refractivity contribution < 1.29 is 14.3 Å². The fourth-order valence-electron chi connectivity index (χ4n) is 2.79. The molecule has 0 spiro atoms. The Labute approximate surface area is 175 Å². The smallest absolute Gasteiger partial charge is 0.257 e. The van der Waals surface area contributed by atoms with Gasteiger partial charge in [0, 0.05) is 23.2 Å². The predicted molar refractivity (Wildman–Crippen MR) is 117 cm³/mol. The predicted octanol–water partition coefficient (Wildman–Crippen LogP) is 6.49. The van der Waals surface area contributed by atoms with E-state index in [1.54, 1.807) is 24.4 Å². The number of aromatic nitrogens is 1. The van der Waals surface area contributed by atoms with E-state index < -0.39 is 0 Å². The number of nitrogens with one attached hydrogen (secondary N) is 1. The lowest BCUT2D eigenvalue weighted by Gasteiger charge is -2.14. The molecule has 3 rings (SSSR count). The van der Waals surface area contributed by atoms with Gasteiger partial charge in [0.05, 0.1) is 6.10 Å². The van der Waals surface area contributed by atoms with Gasteiger partial charge in [-0.1, -0.05) is 26.0 Å². The van der Waals surface area contributed by atoms with Crippen LogP contribution in [0.25, 0.3) is 0 Å². The minimum atomic E-state index is -0.258. The summed E-state index contributed by atoms with van der Waals surface area (Å²) >= 11 is 1.37. The Morgan fingerprint density at radius 1 is 1.07 bits per heavy atom. The summed E-state index contributed by atoms with van der Waals surface area (Å²) in [5.41, 5.74) is 1.73. The normalized spacial score (nSPS) is 11.9. The number of carbonyl (C=O) groups is 1. The van der Waals surface area contributed by atoms with Gasteiger partial charge < -0.3 is 9.47 Å². The first-order valence-corrected chi connectivity index (χ1v) is 10.6. The first-order valence-electron chi connectivity index (χ1n) is 9.75. The number of nitrogens with zero attached hydrogens (tertiary/aromatic N) is 1. The van der Waals surface area contributed by atoms with Crippen molar-refractivity contribution in [2.24, 2.45) is 0 Å². The average Bonchev–Trinajstić information content (AvgIpc) is 3.20. The Morgan fingerprint density at radius 2 is 1.79 bits per heavy atom. The van der Waals surface area contributed by atoms with Crippen LogP contribution in [-0.4, -0.2) is 17.0 Å². The van der Waals surface area contributed by atoms with E-state index in [1.807, 2.05) is 31.4 Å². The van der Waals surface area contributed by atoms with E-state index in [2.05, 4.69) is 36.3 Å². The van der Waals surface area contributed by atoms with Gasteiger partial charge in [-0.05, 0) is 56.0 Å². The van der Waals surface area contributed by atoms with E-state index in [-0.39, 0.29) is 12.0 Å². The van der Waals surface area contributed by atoms with Gasteiger partial charge in [0.25, 0.3) is 5.91 Å². The molecular formula is C23H26N2O3S. The molecule has 0 saturated heterocycles. The molecule has 0 bridgehead atoms. The molecule has 3 aromatic rings. The fourth-order valence-corrected chi connectivity index (χ4v) is 3.32. The Balaban J connectivity index is 1.83. The van der Waals surface area contributed by atoms with E-state index in [1.165, 1.54) is 16.9 Å². The Hall–Kier alpha value is -2.86. The maximum atomic E-state index is 12.7. The average molecular weight is 411 g/mol. The molecule has 1 amide bonds. The molecule has 5 nitrogen and oxygen atoms in total. The summed E-state index contributed by atoms with van der Waals surface area (Å²) in [6.45, 7) is 8.26. The molecule has 1 atom stereocenters. The highest BCUT2D eigenvalue weighted by atomic mass is 32.1. The maximum absolute atomic E-state index is 12.7. The van der Waals surface area contributed by atoms with Crippen molar-refractivity contribution >= 4 is 22.4 Å². The topological polar surface area (TPSA) is 60.5 Å². The Kier molecular flexibility index (Phi) is 6.88. The number of hydrogen-bond donors (Lipinski definition) is 1. The molecule has 0 saturated carbocycles. The lowest BCUT2D eigenvalue weighted by atomic mass is 9.99. The molecule has 2 aromatic carbocycles. The van der Waals surface area contributed by atoms with Crippen LogP contribution in [0.5, 0.6) is 17.2 Å². The molecule has 1 N–H and O–H groups in total. The summed E-state index contributed by atoms with van der Waals surface area (Å²) in [5.74, 6) is 2.09. The lowest BCUT2D eigenvalue weighted by molar-refractivity contribution is 0.102. The summed E-state index contributed by atoms with van der Waals surface area (Å²) in [5, 5.41) is 5.15. The highest BCUT2D eigenvalue weighted by Crippen LogP contribution is 2.30. The highest BCUT2D eigenvalue weighted by molar-refractivity contribution is 7.13. The molecule has 6 heteroatoms. The number of amides is 1. The van der Waals surface area contributed by atoms with Crippen LogP contribution >= 0.6 is 11.3 Å². The van der Waals surface area contributed by atoms with Gasteiger partial charge in [-0.15, -0.1) is 11.3 Å². The van der Waals surface area contributed by atoms with Gasteiger partial charge >= 0.3 is 0 Å². The summed E-state index contributed by atoms with van der Waals surface area (Å²) in [6, 6.07) is 13.3.